The van der Waals surface area contributed by atoms with Crippen molar-refractivity contribution in [1.29, 1.82) is 0 Å². The fourth-order valence-corrected chi connectivity index (χ4v) is 0.428. The molecule has 1 aromatic carbocycles. The first-order chi connectivity index (χ1) is 3.39. The van der Waals surface area contributed by atoms with E-state index in [-0.39, 0.29) is 40.4 Å². The van der Waals surface area contributed by atoms with Gasteiger partial charge in [-0.3, -0.25) is 0 Å². The summed E-state index contributed by atoms with van der Waals surface area (Å²) in [5.41, 5.74) is 0. The molecule has 2 heteroatoms. The van der Waals surface area contributed by atoms with Crippen LogP contribution in [0.2, 0.25) is 0 Å². The summed E-state index contributed by atoms with van der Waals surface area (Å²) in [5.74, 6) is 0.322. The van der Waals surface area contributed by atoms with Crippen LogP contribution in [0, 0.1) is 40.4 Å². The van der Waals surface area contributed by atoms with Gasteiger partial charge in [-0.2, -0.15) is 0 Å². The molecule has 0 unspecified atom stereocenters. The van der Waals surface area contributed by atoms with Gasteiger partial charge in [0.2, 0.25) is 0 Å². The van der Waals surface area contributed by atoms with Gasteiger partial charge in [-0.15, -0.1) is 0 Å². The van der Waals surface area contributed by atoms with Gasteiger partial charge in [0.05, 0.1) is 0 Å². The minimum Gasteiger partial charge on any atom is -0.508 e. The van der Waals surface area contributed by atoms with Crippen LogP contribution >= 0.6 is 0 Å². The molecule has 0 atom stereocenters. The normalized spacial score (nSPS) is 7.50. The van der Waals surface area contributed by atoms with Crippen LogP contribution in [0.25, 0.3) is 0 Å². The second-order valence-corrected chi connectivity index (χ2v) is 1.34. The topological polar surface area (TPSA) is 20.2 Å². The first kappa shape index (κ1) is 8.36. The van der Waals surface area contributed by atoms with Gasteiger partial charge < -0.3 is 5.11 Å². The number of para-hydroxylation sites is 1. The van der Waals surface area contributed by atoms with Crippen LogP contribution in [-0.4, -0.2) is 5.11 Å². The van der Waals surface area contributed by atoms with E-state index >= 15 is 0 Å². The molecule has 0 radical (unpaired) electrons. The van der Waals surface area contributed by atoms with E-state index in [0.29, 0.717) is 5.75 Å². The fourth-order valence-electron chi connectivity index (χ4n) is 0.428. The molecular formula is C6H6OSm. The summed E-state index contributed by atoms with van der Waals surface area (Å²) in [4.78, 5) is 0. The second kappa shape index (κ2) is 4.26. The third kappa shape index (κ3) is 2.61. The smallest absolute Gasteiger partial charge is 0.115 e. The van der Waals surface area contributed by atoms with Crippen LogP contribution in [-0.2, 0) is 0 Å². The van der Waals surface area contributed by atoms with Crippen LogP contribution in [0.5, 0.6) is 5.75 Å². The molecule has 0 aliphatic carbocycles. The van der Waals surface area contributed by atoms with E-state index in [1.165, 1.54) is 0 Å². The second-order valence-electron chi connectivity index (χ2n) is 1.34. The molecule has 42 valence electrons. The Labute approximate surface area is 80.8 Å². The fraction of sp³-hybridized carbons (Fsp3) is 0. The molecule has 0 spiro atoms. The number of aromatic hydroxyl groups is 1. The van der Waals surface area contributed by atoms with Crippen molar-refractivity contribution >= 4 is 0 Å². The number of phenols is 1. The van der Waals surface area contributed by atoms with Gasteiger partial charge in [0.1, 0.15) is 5.75 Å². The van der Waals surface area contributed by atoms with Gasteiger partial charge in [-0.25, -0.2) is 0 Å². The molecule has 1 N–H and O–H groups in total. The van der Waals surface area contributed by atoms with E-state index in [1.807, 2.05) is 6.07 Å². The molecule has 0 aliphatic rings. The number of phenolic OH excluding ortho intramolecular Hbond substituents is 1. The Morgan fingerprint density at radius 3 is 1.75 bits per heavy atom. The molecule has 0 fully saturated rings. The summed E-state index contributed by atoms with van der Waals surface area (Å²) in [6.07, 6.45) is 0. The number of rotatable bonds is 0. The van der Waals surface area contributed by atoms with Crippen LogP contribution in [0.4, 0.5) is 0 Å². The number of benzene rings is 1. The minimum absolute atomic E-state index is 0. The van der Waals surface area contributed by atoms with E-state index in [9.17, 15) is 0 Å². The maximum absolute atomic E-state index is 8.63. The van der Waals surface area contributed by atoms with Gasteiger partial charge in [-0.05, 0) is 12.1 Å². The van der Waals surface area contributed by atoms with Crippen molar-refractivity contribution in [2.75, 3.05) is 0 Å². The van der Waals surface area contributed by atoms with E-state index in [4.69, 9.17) is 5.11 Å². The quantitative estimate of drug-likeness (QED) is 0.731. The molecule has 1 aromatic rings. The average molecular weight is 244 g/mol. The summed E-state index contributed by atoms with van der Waals surface area (Å²) in [5, 5.41) is 8.63. The van der Waals surface area contributed by atoms with Crippen molar-refractivity contribution in [2.24, 2.45) is 0 Å². The molecule has 1 nitrogen and oxygen atoms in total. The maximum atomic E-state index is 8.63. The van der Waals surface area contributed by atoms with Gasteiger partial charge in [0, 0.05) is 40.4 Å². The van der Waals surface area contributed by atoms with E-state index in [0.717, 1.165) is 0 Å². The van der Waals surface area contributed by atoms with Gasteiger partial charge in [0.25, 0.3) is 0 Å². The van der Waals surface area contributed by atoms with E-state index < -0.39 is 0 Å². The van der Waals surface area contributed by atoms with Gasteiger partial charge >= 0.3 is 0 Å². The van der Waals surface area contributed by atoms with Crippen molar-refractivity contribution in [2.45, 2.75) is 0 Å². The molecule has 0 bridgehead atoms. The predicted octanol–water partition coefficient (Wildman–Crippen LogP) is 1.39. The molecule has 0 aliphatic heterocycles. The summed E-state index contributed by atoms with van der Waals surface area (Å²) in [6.45, 7) is 0. The molecular weight excluding hydrogens is 238 g/mol. The maximum Gasteiger partial charge on any atom is 0.115 e. The van der Waals surface area contributed by atoms with Gasteiger partial charge in [0.15, 0.2) is 0 Å². The third-order valence-corrected chi connectivity index (χ3v) is 0.756. The molecule has 0 saturated carbocycles. The van der Waals surface area contributed by atoms with Crippen molar-refractivity contribution in [3.05, 3.63) is 30.3 Å². The third-order valence-electron chi connectivity index (χ3n) is 0.756. The Bertz CT molecular complexity index is 138. The first-order valence-electron chi connectivity index (χ1n) is 2.13. The predicted molar refractivity (Wildman–Crippen MR) is 28.1 cm³/mol. The van der Waals surface area contributed by atoms with Crippen LogP contribution in [0.3, 0.4) is 0 Å². The summed E-state index contributed by atoms with van der Waals surface area (Å²) < 4.78 is 0. The molecule has 8 heavy (non-hydrogen) atoms. The zero-order chi connectivity index (χ0) is 5.11. The summed E-state index contributed by atoms with van der Waals surface area (Å²) in [6, 6.07) is 8.71. The average Bonchev–Trinajstić information content (AvgIpc) is 1.69. The largest absolute Gasteiger partial charge is 0.508 e. The van der Waals surface area contributed by atoms with Crippen molar-refractivity contribution in [3.8, 4) is 5.75 Å². The van der Waals surface area contributed by atoms with E-state index in [2.05, 4.69) is 0 Å². The van der Waals surface area contributed by atoms with Gasteiger partial charge in [-0.1, -0.05) is 18.2 Å². The number of hydrogen-bond acceptors (Lipinski definition) is 1. The molecule has 0 heterocycles. The Hall–Kier alpha value is 0.358. The van der Waals surface area contributed by atoms with Crippen molar-refractivity contribution < 1.29 is 45.5 Å². The number of hydrogen-bond donors (Lipinski definition) is 1. The van der Waals surface area contributed by atoms with Crippen LogP contribution in [0.15, 0.2) is 30.3 Å². The minimum atomic E-state index is 0. The van der Waals surface area contributed by atoms with E-state index in [1.54, 1.807) is 24.3 Å². The Balaban J connectivity index is 0.000000490. The van der Waals surface area contributed by atoms with Crippen LogP contribution in [0.1, 0.15) is 0 Å². The Morgan fingerprint density at radius 2 is 1.50 bits per heavy atom. The molecule has 0 saturated heterocycles. The SMILES string of the molecule is Oc1ccccc1.[Sm]. The molecule has 1 rings (SSSR count). The summed E-state index contributed by atoms with van der Waals surface area (Å²) >= 11 is 0. The zero-order valence-corrected chi connectivity index (χ0v) is 6.86. The molecule has 0 aromatic heterocycles. The molecule has 0 amide bonds. The standard InChI is InChI=1S/C6H6O.Sm/c7-6-4-2-1-3-5-6;/h1-5,7H;. The van der Waals surface area contributed by atoms with Crippen molar-refractivity contribution in [1.82, 2.24) is 0 Å². The zero-order valence-electron chi connectivity index (χ0n) is 4.24. The summed E-state index contributed by atoms with van der Waals surface area (Å²) in [7, 11) is 0. The first-order valence-corrected chi connectivity index (χ1v) is 2.13. The Kier molecular flexibility index (Phi) is 4.45. The van der Waals surface area contributed by atoms with Crippen LogP contribution < -0.4 is 0 Å². The van der Waals surface area contributed by atoms with Crippen molar-refractivity contribution in [3.63, 3.8) is 0 Å². The monoisotopic (exact) mass is 246 g/mol. The Morgan fingerprint density at radius 1 is 1.00 bits per heavy atom.